The summed E-state index contributed by atoms with van der Waals surface area (Å²) in [4.78, 5) is 0. The Labute approximate surface area is 150 Å². The minimum atomic E-state index is -3.85. The third kappa shape index (κ3) is 18.3. The van der Waals surface area contributed by atoms with E-state index in [1.165, 1.54) is 83.5 Å². The lowest BCUT2D eigenvalue weighted by Gasteiger charge is -2.03. The van der Waals surface area contributed by atoms with Crippen LogP contribution in [-0.4, -0.2) is 6.61 Å². The fraction of sp³-hybridized carbons (Fsp3) is 1.00. The third-order valence-electron chi connectivity index (χ3n) is 4.37. The van der Waals surface area contributed by atoms with Crippen LogP contribution in [0, 0.1) is 0 Å². The van der Waals surface area contributed by atoms with Crippen molar-refractivity contribution in [3.05, 3.63) is 0 Å². The molecular formula is C18H40NO4S+2. The molecule has 24 heavy (non-hydrogen) atoms. The normalized spacial score (nSPS) is 14.0. The van der Waals surface area contributed by atoms with E-state index in [0.29, 0.717) is 0 Å². The first kappa shape index (κ1) is 24.0. The molecular weight excluding hydrogens is 326 g/mol. The third-order valence-corrected chi connectivity index (χ3v) is 5.11. The first-order chi connectivity index (χ1) is 11.6. The largest absolute Gasteiger partial charge is 0.597 e. The monoisotopic (exact) mass is 366 g/mol. The molecule has 0 aliphatic heterocycles. The van der Waals surface area contributed by atoms with Gasteiger partial charge < -0.3 is 0 Å². The van der Waals surface area contributed by atoms with E-state index in [4.69, 9.17) is 0 Å². The molecule has 3 N–H and O–H groups in total. The molecule has 1 radical (unpaired) electrons. The van der Waals surface area contributed by atoms with Gasteiger partial charge >= 0.3 is 10.8 Å². The van der Waals surface area contributed by atoms with Crippen molar-refractivity contribution in [3.8, 4) is 0 Å². The van der Waals surface area contributed by atoms with Crippen molar-refractivity contribution in [2.24, 2.45) is 0 Å². The molecule has 0 heterocycles. The SMILES string of the molecule is CCCCCCCCCCCCCCCCCCO[S+]([O])(=O)O[NH3+]. The molecule has 0 aromatic heterocycles. The molecule has 0 fully saturated rings. The Morgan fingerprint density at radius 3 is 1.33 bits per heavy atom. The molecule has 0 aromatic carbocycles. The molecule has 1 unspecified atom stereocenters. The van der Waals surface area contributed by atoms with Gasteiger partial charge in [-0.15, -0.1) is 4.18 Å². The number of hydrogen-bond acceptors (Lipinski definition) is 3. The highest BCUT2D eigenvalue weighted by molar-refractivity contribution is 7.88. The lowest BCUT2D eigenvalue weighted by atomic mass is 10.0. The lowest BCUT2D eigenvalue weighted by Crippen LogP contribution is -2.53. The van der Waals surface area contributed by atoms with Crippen LogP contribution in [0.5, 0.6) is 0 Å². The van der Waals surface area contributed by atoms with E-state index in [2.05, 4.69) is 21.3 Å². The van der Waals surface area contributed by atoms with Gasteiger partial charge in [0.05, 0.1) is 4.28 Å². The molecule has 6 heteroatoms. The minimum absolute atomic E-state index is 0.191. The Morgan fingerprint density at radius 1 is 0.667 bits per heavy atom. The van der Waals surface area contributed by atoms with Crippen LogP contribution in [0.1, 0.15) is 110 Å². The van der Waals surface area contributed by atoms with Gasteiger partial charge in [0, 0.05) is 4.21 Å². The highest BCUT2D eigenvalue weighted by Crippen LogP contribution is 2.14. The lowest BCUT2D eigenvalue weighted by molar-refractivity contribution is -0.640. The van der Waals surface area contributed by atoms with Gasteiger partial charge in [-0.2, -0.15) is 5.90 Å². The number of unbranched alkanes of at least 4 members (excludes halogenated alkanes) is 15. The summed E-state index contributed by atoms with van der Waals surface area (Å²) in [5, 5.41) is 0. The van der Waals surface area contributed by atoms with Crippen LogP contribution >= 0.6 is 0 Å². The Hall–Kier alpha value is -0.0100. The smallest absolute Gasteiger partial charge is 0.155 e. The van der Waals surface area contributed by atoms with Gasteiger partial charge in [-0.05, 0) is 6.42 Å². The molecule has 0 aromatic rings. The van der Waals surface area contributed by atoms with Crippen LogP contribution in [0.2, 0.25) is 0 Å². The van der Waals surface area contributed by atoms with Crippen LogP contribution < -0.4 is 5.90 Å². The van der Waals surface area contributed by atoms with Crippen LogP contribution in [-0.2, 0) is 28.0 Å². The van der Waals surface area contributed by atoms with E-state index >= 15 is 0 Å². The average Bonchev–Trinajstić information content (AvgIpc) is 2.57. The molecule has 0 amide bonds. The highest BCUT2D eigenvalue weighted by atomic mass is 32.3. The molecule has 0 saturated heterocycles. The van der Waals surface area contributed by atoms with Crippen molar-refractivity contribution in [1.29, 1.82) is 0 Å². The van der Waals surface area contributed by atoms with Crippen molar-refractivity contribution >= 4 is 10.8 Å². The molecule has 0 saturated carbocycles. The maximum Gasteiger partial charge on any atom is 0.597 e. The van der Waals surface area contributed by atoms with Crippen LogP contribution in [0.4, 0.5) is 0 Å². The minimum Gasteiger partial charge on any atom is -0.155 e. The molecule has 5 nitrogen and oxygen atoms in total. The first-order valence-electron chi connectivity index (χ1n) is 9.95. The summed E-state index contributed by atoms with van der Waals surface area (Å²) in [5.41, 5.74) is 0. The van der Waals surface area contributed by atoms with E-state index in [1.54, 1.807) is 0 Å². The number of quaternary nitrogens is 1. The molecule has 0 spiro atoms. The van der Waals surface area contributed by atoms with Crippen molar-refractivity contribution in [3.63, 3.8) is 0 Å². The van der Waals surface area contributed by atoms with Gasteiger partial charge in [-0.3, -0.25) is 0 Å². The van der Waals surface area contributed by atoms with Gasteiger partial charge in [-0.1, -0.05) is 103 Å². The molecule has 1 atom stereocenters. The first-order valence-corrected chi connectivity index (χ1v) is 11.3. The summed E-state index contributed by atoms with van der Waals surface area (Å²) in [6.45, 7) is 2.46. The van der Waals surface area contributed by atoms with E-state index in [-0.39, 0.29) is 6.61 Å². The van der Waals surface area contributed by atoms with Crippen molar-refractivity contribution in [1.82, 2.24) is 0 Å². The molecule has 0 aliphatic rings. The van der Waals surface area contributed by atoms with Gasteiger partial charge in [0.2, 0.25) is 0 Å². The Bertz CT molecular complexity index is 303. The van der Waals surface area contributed by atoms with Crippen molar-refractivity contribution in [2.75, 3.05) is 6.61 Å². The zero-order chi connectivity index (χ0) is 17.9. The predicted molar refractivity (Wildman–Crippen MR) is 98.2 cm³/mol. The molecule has 145 valence electrons. The highest BCUT2D eigenvalue weighted by Gasteiger charge is 2.34. The fourth-order valence-corrected chi connectivity index (χ4v) is 3.24. The predicted octanol–water partition coefficient (Wildman–Crippen LogP) is 5.11. The van der Waals surface area contributed by atoms with Gasteiger partial charge in [0.15, 0.2) is 0 Å². The zero-order valence-corrected chi connectivity index (χ0v) is 16.6. The summed E-state index contributed by atoms with van der Waals surface area (Å²) in [7, 11) is -3.85. The Morgan fingerprint density at radius 2 is 1.00 bits per heavy atom. The second kappa shape index (κ2) is 17.8. The zero-order valence-electron chi connectivity index (χ0n) is 15.8. The van der Waals surface area contributed by atoms with Crippen LogP contribution in [0.25, 0.3) is 0 Å². The van der Waals surface area contributed by atoms with Gasteiger partial charge in [0.25, 0.3) is 0 Å². The van der Waals surface area contributed by atoms with E-state index in [0.717, 1.165) is 19.3 Å². The van der Waals surface area contributed by atoms with Crippen molar-refractivity contribution < 1.29 is 23.1 Å². The van der Waals surface area contributed by atoms with Crippen LogP contribution in [0.3, 0.4) is 0 Å². The van der Waals surface area contributed by atoms with Gasteiger partial charge in [0.1, 0.15) is 11.2 Å². The summed E-state index contributed by atoms with van der Waals surface area (Å²) >= 11 is 0. The molecule has 0 rings (SSSR count). The second-order valence-corrected chi connectivity index (χ2v) is 7.94. The topological polar surface area (TPSA) is 83.1 Å². The fourth-order valence-electron chi connectivity index (χ4n) is 2.85. The maximum absolute atomic E-state index is 10.9. The second-order valence-electron chi connectivity index (χ2n) is 6.65. The summed E-state index contributed by atoms with van der Waals surface area (Å²) in [5.74, 6) is 2.84. The van der Waals surface area contributed by atoms with E-state index < -0.39 is 10.8 Å². The van der Waals surface area contributed by atoms with Crippen LogP contribution in [0.15, 0.2) is 0 Å². The number of hydrogen-bond donors (Lipinski definition) is 1. The standard InChI is InChI=1S/C18H40NO4S/c1-2-3-4-5-6-7-8-9-10-11-12-13-14-15-16-17-18-22-24(20,21)23-19/h2-18H2,1,19H3/q+2. The summed E-state index contributed by atoms with van der Waals surface area (Å²) in [6, 6.07) is 0. The van der Waals surface area contributed by atoms with E-state index in [9.17, 15) is 8.76 Å². The maximum atomic E-state index is 10.9. The molecule has 0 aliphatic carbocycles. The summed E-state index contributed by atoms with van der Waals surface area (Å²) < 4.78 is 30.3. The molecule has 0 bridgehead atoms. The Balaban J connectivity index is 3.06. The average molecular weight is 367 g/mol. The van der Waals surface area contributed by atoms with E-state index in [1.807, 2.05) is 0 Å². The summed E-state index contributed by atoms with van der Waals surface area (Å²) in [6.07, 6.45) is 20.7. The Kier molecular flexibility index (Phi) is 17.8. The quantitative estimate of drug-likeness (QED) is 0.196. The van der Waals surface area contributed by atoms with Gasteiger partial charge in [-0.25, -0.2) is 0 Å². The van der Waals surface area contributed by atoms with Crippen molar-refractivity contribution in [2.45, 2.75) is 110 Å². The number of rotatable bonds is 19.